The summed E-state index contributed by atoms with van der Waals surface area (Å²) in [7, 11) is 1.41. The van der Waals surface area contributed by atoms with Gasteiger partial charge < -0.3 is 10.1 Å². The average Bonchev–Trinajstić information content (AvgIpc) is 3.14. The van der Waals surface area contributed by atoms with Crippen molar-refractivity contribution in [2.45, 2.75) is 39.2 Å². The third kappa shape index (κ3) is 3.03. The highest BCUT2D eigenvalue weighted by Crippen LogP contribution is 2.34. The highest BCUT2D eigenvalue weighted by Gasteiger charge is 2.23. The number of hydrogen-bond donors (Lipinski definition) is 1. The molecule has 1 saturated carbocycles. The van der Waals surface area contributed by atoms with Crippen LogP contribution in [0.3, 0.4) is 0 Å². The Morgan fingerprint density at radius 3 is 2.83 bits per heavy atom. The van der Waals surface area contributed by atoms with Crippen LogP contribution in [0.25, 0.3) is 0 Å². The van der Waals surface area contributed by atoms with E-state index in [0.29, 0.717) is 11.6 Å². The van der Waals surface area contributed by atoms with Crippen LogP contribution in [0.15, 0.2) is 18.2 Å². The summed E-state index contributed by atoms with van der Waals surface area (Å²) in [5.74, 6) is 0.627. The van der Waals surface area contributed by atoms with E-state index in [9.17, 15) is 4.79 Å². The normalized spacial score (nSPS) is 16.2. The van der Waals surface area contributed by atoms with Gasteiger partial charge in [-0.3, -0.25) is 0 Å². The first-order valence-corrected chi connectivity index (χ1v) is 6.56. The Morgan fingerprint density at radius 2 is 2.22 bits per heavy atom. The van der Waals surface area contributed by atoms with Crippen LogP contribution < -0.4 is 5.32 Å². The molecule has 1 fully saturated rings. The maximum Gasteiger partial charge on any atom is 0.338 e. The molecule has 0 amide bonds. The molecule has 1 aliphatic carbocycles. The average molecular weight is 247 g/mol. The summed E-state index contributed by atoms with van der Waals surface area (Å²) in [6.07, 6.45) is 3.95. The fourth-order valence-corrected chi connectivity index (χ4v) is 2.30. The van der Waals surface area contributed by atoms with Crippen LogP contribution in [0.5, 0.6) is 0 Å². The van der Waals surface area contributed by atoms with Crippen LogP contribution >= 0.6 is 0 Å². The topological polar surface area (TPSA) is 38.3 Å². The standard InChI is InChI=1S/C15H21NO2/c1-10(9-12-7-8-12)16-14-6-4-5-13(11(14)2)15(17)18-3/h4-6,10,12,16H,7-9H2,1-3H3. The molecule has 0 saturated heterocycles. The van der Waals surface area contributed by atoms with E-state index in [-0.39, 0.29) is 5.97 Å². The second kappa shape index (κ2) is 5.42. The summed E-state index contributed by atoms with van der Waals surface area (Å²) in [5.41, 5.74) is 2.64. The monoisotopic (exact) mass is 247 g/mol. The van der Waals surface area contributed by atoms with E-state index in [0.717, 1.165) is 17.2 Å². The lowest BCUT2D eigenvalue weighted by Crippen LogP contribution is -2.17. The molecule has 0 spiro atoms. The van der Waals surface area contributed by atoms with E-state index in [1.807, 2.05) is 19.1 Å². The highest BCUT2D eigenvalue weighted by molar-refractivity contribution is 5.92. The third-order valence-electron chi connectivity index (χ3n) is 3.52. The minimum absolute atomic E-state index is 0.272. The molecule has 3 heteroatoms. The zero-order chi connectivity index (χ0) is 13.1. The van der Waals surface area contributed by atoms with Crippen molar-refractivity contribution >= 4 is 11.7 Å². The molecule has 1 aromatic carbocycles. The van der Waals surface area contributed by atoms with E-state index in [1.54, 1.807) is 6.07 Å². The molecule has 0 radical (unpaired) electrons. The van der Waals surface area contributed by atoms with Gasteiger partial charge in [0.1, 0.15) is 0 Å². The summed E-state index contributed by atoms with van der Waals surface area (Å²) in [6.45, 7) is 4.15. The number of methoxy groups -OCH3 is 1. The predicted molar refractivity (Wildman–Crippen MR) is 72.9 cm³/mol. The maximum atomic E-state index is 11.6. The van der Waals surface area contributed by atoms with Gasteiger partial charge in [-0.25, -0.2) is 4.79 Å². The molecule has 98 valence electrons. The smallest absolute Gasteiger partial charge is 0.338 e. The quantitative estimate of drug-likeness (QED) is 0.811. The molecule has 3 nitrogen and oxygen atoms in total. The van der Waals surface area contributed by atoms with Crippen molar-refractivity contribution in [2.75, 3.05) is 12.4 Å². The zero-order valence-electron chi connectivity index (χ0n) is 11.3. The largest absolute Gasteiger partial charge is 0.465 e. The number of rotatable bonds is 5. The van der Waals surface area contributed by atoms with Crippen molar-refractivity contribution in [3.05, 3.63) is 29.3 Å². The fraction of sp³-hybridized carbons (Fsp3) is 0.533. The van der Waals surface area contributed by atoms with E-state index in [4.69, 9.17) is 4.74 Å². The lowest BCUT2D eigenvalue weighted by Gasteiger charge is -2.18. The van der Waals surface area contributed by atoms with Crippen molar-refractivity contribution in [3.63, 3.8) is 0 Å². The Labute approximate surface area is 109 Å². The van der Waals surface area contributed by atoms with Gasteiger partial charge in [0.2, 0.25) is 0 Å². The lowest BCUT2D eigenvalue weighted by atomic mass is 10.1. The Balaban J connectivity index is 2.09. The SMILES string of the molecule is COC(=O)c1cccc(NC(C)CC2CC2)c1C. The van der Waals surface area contributed by atoms with Gasteiger partial charge in [-0.05, 0) is 43.9 Å². The number of nitrogens with one attached hydrogen (secondary N) is 1. The number of carbonyl (C=O) groups is 1. The number of hydrogen-bond acceptors (Lipinski definition) is 3. The van der Waals surface area contributed by atoms with E-state index in [2.05, 4.69) is 12.2 Å². The molecule has 1 atom stereocenters. The molecule has 0 aliphatic heterocycles. The maximum absolute atomic E-state index is 11.6. The molecule has 2 rings (SSSR count). The number of carbonyl (C=O) groups excluding carboxylic acids is 1. The fourth-order valence-electron chi connectivity index (χ4n) is 2.30. The highest BCUT2D eigenvalue weighted by atomic mass is 16.5. The van der Waals surface area contributed by atoms with Crippen LogP contribution in [0.4, 0.5) is 5.69 Å². The van der Waals surface area contributed by atoms with Gasteiger partial charge >= 0.3 is 5.97 Å². The lowest BCUT2D eigenvalue weighted by molar-refractivity contribution is 0.0600. The van der Waals surface area contributed by atoms with Crippen LogP contribution in [-0.4, -0.2) is 19.1 Å². The summed E-state index contributed by atoms with van der Waals surface area (Å²) < 4.78 is 4.78. The molecule has 0 heterocycles. The summed E-state index contributed by atoms with van der Waals surface area (Å²) in [6, 6.07) is 6.17. The zero-order valence-corrected chi connectivity index (χ0v) is 11.3. The molecule has 1 aromatic rings. The predicted octanol–water partition coefficient (Wildman–Crippen LogP) is 3.38. The van der Waals surface area contributed by atoms with Crippen molar-refractivity contribution in [3.8, 4) is 0 Å². The second-order valence-electron chi connectivity index (χ2n) is 5.19. The Kier molecular flexibility index (Phi) is 3.90. The van der Waals surface area contributed by atoms with Crippen molar-refractivity contribution in [1.82, 2.24) is 0 Å². The third-order valence-corrected chi connectivity index (χ3v) is 3.52. The van der Waals surface area contributed by atoms with E-state index in [1.165, 1.54) is 26.4 Å². The molecule has 1 unspecified atom stereocenters. The molecule has 0 bridgehead atoms. The van der Waals surface area contributed by atoms with Gasteiger partial charge in [0.25, 0.3) is 0 Å². The first-order valence-electron chi connectivity index (χ1n) is 6.56. The Hall–Kier alpha value is -1.51. The molecule has 18 heavy (non-hydrogen) atoms. The first-order chi connectivity index (χ1) is 8.61. The molecule has 1 N–H and O–H groups in total. The Morgan fingerprint density at radius 1 is 1.50 bits per heavy atom. The van der Waals surface area contributed by atoms with E-state index >= 15 is 0 Å². The first kappa shape index (κ1) is 12.9. The van der Waals surface area contributed by atoms with E-state index < -0.39 is 0 Å². The molecular weight excluding hydrogens is 226 g/mol. The number of esters is 1. The van der Waals surface area contributed by atoms with Crippen molar-refractivity contribution < 1.29 is 9.53 Å². The summed E-state index contributed by atoms with van der Waals surface area (Å²) in [4.78, 5) is 11.6. The molecular formula is C15H21NO2. The van der Waals surface area contributed by atoms with Crippen LogP contribution in [0.1, 0.15) is 42.1 Å². The summed E-state index contributed by atoms with van der Waals surface area (Å²) >= 11 is 0. The van der Waals surface area contributed by atoms with Crippen molar-refractivity contribution in [1.29, 1.82) is 0 Å². The van der Waals surface area contributed by atoms with Gasteiger partial charge in [0.15, 0.2) is 0 Å². The van der Waals surface area contributed by atoms with Crippen LogP contribution in [0, 0.1) is 12.8 Å². The molecule has 0 aromatic heterocycles. The van der Waals surface area contributed by atoms with Crippen molar-refractivity contribution in [2.24, 2.45) is 5.92 Å². The number of anilines is 1. The Bertz CT molecular complexity index is 438. The second-order valence-corrected chi connectivity index (χ2v) is 5.19. The number of ether oxygens (including phenoxy) is 1. The van der Waals surface area contributed by atoms with Gasteiger partial charge in [-0.15, -0.1) is 0 Å². The molecule has 1 aliphatic rings. The van der Waals surface area contributed by atoms with Crippen LogP contribution in [-0.2, 0) is 4.74 Å². The van der Waals surface area contributed by atoms with Gasteiger partial charge in [-0.1, -0.05) is 18.9 Å². The minimum Gasteiger partial charge on any atom is -0.465 e. The van der Waals surface area contributed by atoms with Gasteiger partial charge in [-0.2, -0.15) is 0 Å². The summed E-state index contributed by atoms with van der Waals surface area (Å²) in [5, 5.41) is 3.49. The van der Waals surface area contributed by atoms with Gasteiger partial charge in [0.05, 0.1) is 12.7 Å². The van der Waals surface area contributed by atoms with Crippen LogP contribution in [0.2, 0.25) is 0 Å². The number of benzene rings is 1. The minimum atomic E-state index is -0.272. The van der Waals surface area contributed by atoms with Gasteiger partial charge in [0, 0.05) is 11.7 Å².